The average Bonchev–Trinajstić information content (AvgIpc) is 3.19. The highest BCUT2D eigenvalue weighted by Crippen LogP contribution is 2.42. The fourth-order valence-electron chi connectivity index (χ4n) is 3.17. The lowest BCUT2D eigenvalue weighted by Crippen LogP contribution is -2.26. The zero-order valence-corrected chi connectivity index (χ0v) is 18.4. The Morgan fingerprint density at radius 1 is 1.00 bits per heavy atom. The molecule has 7 heteroatoms. The molecule has 0 spiro atoms. The Morgan fingerprint density at radius 3 is 2.45 bits per heavy atom. The van der Waals surface area contributed by atoms with Crippen molar-refractivity contribution in [1.29, 1.82) is 0 Å². The van der Waals surface area contributed by atoms with Crippen molar-refractivity contribution < 1.29 is 24.2 Å². The lowest BCUT2D eigenvalue weighted by Gasteiger charge is -2.10. The van der Waals surface area contributed by atoms with E-state index in [0.717, 1.165) is 10.1 Å². The molecule has 6 nitrogen and oxygen atoms in total. The molecule has 4 aromatic rings. The van der Waals surface area contributed by atoms with Crippen LogP contribution in [0.3, 0.4) is 0 Å². The van der Waals surface area contributed by atoms with Gasteiger partial charge in [-0.3, -0.25) is 9.59 Å². The second-order valence-corrected chi connectivity index (χ2v) is 8.11. The predicted octanol–water partition coefficient (Wildman–Crippen LogP) is 5.31. The summed E-state index contributed by atoms with van der Waals surface area (Å²) >= 11 is 1.28. The first-order valence-corrected chi connectivity index (χ1v) is 11.0. The Balaban J connectivity index is 1.56. The van der Waals surface area contributed by atoms with E-state index in [9.17, 15) is 14.7 Å². The van der Waals surface area contributed by atoms with Gasteiger partial charge in [-0.1, -0.05) is 36.9 Å². The van der Waals surface area contributed by atoms with Crippen molar-refractivity contribution in [2.45, 2.75) is 0 Å². The van der Waals surface area contributed by atoms with Crippen molar-refractivity contribution in [2.24, 2.45) is 0 Å². The Bertz CT molecular complexity index is 1300. The SMILES string of the molecule is C=CC(=O)NCCOc1ccc(Oc2c(C(=O)c3ccccc3)sc3cc(O)ccc23)cc1. The Morgan fingerprint density at radius 2 is 1.73 bits per heavy atom. The minimum absolute atomic E-state index is 0.125. The number of ether oxygens (including phenoxy) is 2. The van der Waals surface area contributed by atoms with Crippen LogP contribution < -0.4 is 14.8 Å². The largest absolute Gasteiger partial charge is 0.508 e. The van der Waals surface area contributed by atoms with Crippen molar-refractivity contribution in [1.82, 2.24) is 5.32 Å². The first-order chi connectivity index (χ1) is 16.0. The van der Waals surface area contributed by atoms with E-state index in [1.54, 1.807) is 54.6 Å². The van der Waals surface area contributed by atoms with Gasteiger partial charge in [0.05, 0.1) is 6.54 Å². The van der Waals surface area contributed by atoms with Crippen LogP contribution in [0.5, 0.6) is 23.0 Å². The number of hydrogen-bond donors (Lipinski definition) is 2. The van der Waals surface area contributed by atoms with E-state index in [-0.39, 0.29) is 17.4 Å². The Kier molecular flexibility index (Phi) is 6.71. The molecule has 0 aliphatic rings. The molecule has 0 saturated carbocycles. The number of benzene rings is 3. The molecule has 1 aromatic heterocycles. The number of aromatic hydroxyl groups is 1. The second kappa shape index (κ2) is 10.0. The predicted molar refractivity (Wildman–Crippen MR) is 129 cm³/mol. The maximum Gasteiger partial charge on any atom is 0.243 e. The standard InChI is InChI=1S/C26H21NO5S/c1-2-23(29)27-14-15-31-19-9-11-20(12-10-19)32-25-21-13-8-18(28)16-22(21)33-26(25)24(30)17-6-4-3-5-7-17/h2-13,16,28H,1,14-15H2,(H,27,29). The number of rotatable bonds is 9. The molecule has 0 saturated heterocycles. The van der Waals surface area contributed by atoms with Crippen LogP contribution in [0, 0.1) is 0 Å². The van der Waals surface area contributed by atoms with Gasteiger partial charge >= 0.3 is 0 Å². The van der Waals surface area contributed by atoms with Gasteiger partial charge in [-0.25, -0.2) is 0 Å². The van der Waals surface area contributed by atoms with E-state index in [4.69, 9.17) is 9.47 Å². The van der Waals surface area contributed by atoms with E-state index < -0.39 is 0 Å². The van der Waals surface area contributed by atoms with Gasteiger partial charge in [0.1, 0.15) is 28.7 Å². The fourth-order valence-corrected chi connectivity index (χ4v) is 4.30. The van der Waals surface area contributed by atoms with Crippen molar-refractivity contribution in [3.8, 4) is 23.0 Å². The molecule has 1 amide bonds. The van der Waals surface area contributed by atoms with Gasteiger partial charge in [0.15, 0.2) is 5.75 Å². The summed E-state index contributed by atoms with van der Waals surface area (Å²) in [5.74, 6) is 1.34. The van der Waals surface area contributed by atoms with E-state index in [1.165, 1.54) is 17.4 Å². The molecule has 4 rings (SSSR count). The van der Waals surface area contributed by atoms with Crippen molar-refractivity contribution in [3.05, 3.63) is 95.9 Å². The molecule has 0 atom stereocenters. The first-order valence-electron chi connectivity index (χ1n) is 10.2. The first kappa shape index (κ1) is 22.1. The average molecular weight is 460 g/mol. The number of amides is 1. The van der Waals surface area contributed by atoms with E-state index in [1.807, 2.05) is 18.2 Å². The van der Waals surface area contributed by atoms with Crippen LogP contribution in [0.1, 0.15) is 15.2 Å². The van der Waals surface area contributed by atoms with Crippen molar-refractivity contribution >= 4 is 33.1 Å². The topological polar surface area (TPSA) is 84.9 Å². The Labute approximate surface area is 194 Å². The maximum atomic E-state index is 13.2. The molecule has 166 valence electrons. The summed E-state index contributed by atoms with van der Waals surface area (Å²) in [5, 5.41) is 13.3. The molecule has 0 radical (unpaired) electrons. The number of thiophene rings is 1. The van der Waals surface area contributed by atoms with Gasteiger partial charge in [0.25, 0.3) is 0 Å². The number of phenols is 1. The molecule has 0 bridgehead atoms. The highest BCUT2D eigenvalue weighted by atomic mass is 32.1. The molecule has 3 aromatic carbocycles. The van der Waals surface area contributed by atoms with Crippen LogP contribution in [0.15, 0.2) is 85.5 Å². The van der Waals surface area contributed by atoms with E-state index in [2.05, 4.69) is 11.9 Å². The molecule has 0 unspecified atom stereocenters. The number of carbonyl (C=O) groups excluding carboxylic acids is 2. The van der Waals surface area contributed by atoms with Crippen LogP contribution in [-0.4, -0.2) is 29.9 Å². The summed E-state index contributed by atoms with van der Waals surface area (Å²) in [6.07, 6.45) is 1.21. The molecule has 0 aliphatic heterocycles. The summed E-state index contributed by atoms with van der Waals surface area (Å²) < 4.78 is 12.5. The highest BCUT2D eigenvalue weighted by Gasteiger charge is 2.22. The number of carbonyl (C=O) groups is 2. The monoisotopic (exact) mass is 459 g/mol. The van der Waals surface area contributed by atoms with Gasteiger partial charge in [-0.15, -0.1) is 11.3 Å². The zero-order valence-electron chi connectivity index (χ0n) is 17.6. The summed E-state index contributed by atoms with van der Waals surface area (Å²) in [5.41, 5.74) is 0.561. The van der Waals surface area contributed by atoms with Crippen LogP contribution in [0.25, 0.3) is 10.1 Å². The van der Waals surface area contributed by atoms with Crippen LogP contribution >= 0.6 is 11.3 Å². The zero-order chi connectivity index (χ0) is 23.2. The van der Waals surface area contributed by atoms with Crippen molar-refractivity contribution in [3.63, 3.8) is 0 Å². The third kappa shape index (κ3) is 5.22. The molecular weight excluding hydrogens is 438 g/mol. The molecular formula is C26H21NO5S. The normalized spacial score (nSPS) is 10.5. The van der Waals surface area contributed by atoms with Gasteiger partial charge in [0, 0.05) is 15.6 Å². The molecule has 1 heterocycles. The smallest absolute Gasteiger partial charge is 0.243 e. The molecule has 0 fully saturated rings. The summed E-state index contributed by atoms with van der Waals surface area (Å²) in [7, 11) is 0. The third-order valence-corrected chi connectivity index (χ3v) is 5.90. The number of hydrogen-bond acceptors (Lipinski definition) is 6. The fraction of sp³-hybridized carbons (Fsp3) is 0.0769. The quantitative estimate of drug-likeness (QED) is 0.201. The third-order valence-electron chi connectivity index (χ3n) is 4.77. The summed E-state index contributed by atoms with van der Waals surface area (Å²) in [6.45, 7) is 4.07. The van der Waals surface area contributed by atoms with Crippen molar-refractivity contribution in [2.75, 3.05) is 13.2 Å². The highest BCUT2D eigenvalue weighted by molar-refractivity contribution is 7.21. The summed E-state index contributed by atoms with van der Waals surface area (Å²) in [6, 6.07) is 20.9. The number of nitrogens with one attached hydrogen (secondary N) is 1. The molecule has 33 heavy (non-hydrogen) atoms. The number of phenolic OH excluding ortho intramolecular Hbond substituents is 1. The van der Waals surface area contributed by atoms with Gasteiger partial charge in [0.2, 0.25) is 11.7 Å². The summed E-state index contributed by atoms with van der Waals surface area (Å²) in [4.78, 5) is 24.8. The maximum absolute atomic E-state index is 13.2. The number of fused-ring (bicyclic) bond motifs is 1. The minimum atomic E-state index is -0.250. The molecule has 0 aliphatic carbocycles. The molecule has 2 N–H and O–H groups in total. The second-order valence-electron chi connectivity index (χ2n) is 7.05. The lowest BCUT2D eigenvalue weighted by molar-refractivity contribution is -0.116. The minimum Gasteiger partial charge on any atom is -0.508 e. The van der Waals surface area contributed by atoms with Crippen LogP contribution in [-0.2, 0) is 4.79 Å². The lowest BCUT2D eigenvalue weighted by atomic mass is 10.1. The Hall–Kier alpha value is -4.10. The van der Waals surface area contributed by atoms with E-state index in [0.29, 0.717) is 40.8 Å². The van der Waals surface area contributed by atoms with Crippen LogP contribution in [0.4, 0.5) is 0 Å². The van der Waals surface area contributed by atoms with Gasteiger partial charge < -0.3 is 19.9 Å². The number of ketones is 1. The van der Waals surface area contributed by atoms with Gasteiger partial charge in [-0.2, -0.15) is 0 Å². The van der Waals surface area contributed by atoms with E-state index >= 15 is 0 Å². The van der Waals surface area contributed by atoms with Crippen LogP contribution in [0.2, 0.25) is 0 Å². The van der Waals surface area contributed by atoms with Gasteiger partial charge in [-0.05, 0) is 48.5 Å².